The number of hydrogen-bond acceptors (Lipinski definition) is 5. The van der Waals surface area contributed by atoms with Gasteiger partial charge in [0.25, 0.3) is 0 Å². The highest BCUT2D eigenvalue weighted by molar-refractivity contribution is 5.92. The Morgan fingerprint density at radius 2 is 1.62 bits per heavy atom. The van der Waals surface area contributed by atoms with Gasteiger partial charge in [0.1, 0.15) is 5.75 Å². The Balaban J connectivity index is 2.42. The number of nitrogens with zero attached hydrogens (tertiary/aromatic N) is 2. The summed E-state index contributed by atoms with van der Waals surface area (Å²) in [4.78, 5) is 38.1. The fourth-order valence-corrected chi connectivity index (χ4v) is 1.91. The first-order chi connectivity index (χ1) is 11.3. The van der Waals surface area contributed by atoms with Gasteiger partial charge in [0.15, 0.2) is 0 Å². The molecule has 0 bridgehead atoms. The van der Waals surface area contributed by atoms with Crippen molar-refractivity contribution in [3.05, 3.63) is 24.3 Å². The number of benzene rings is 1. The Hall–Kier alpha value is -2.61. The molecule has 1 rings (SSSR count). The molecule has 132 valence electrons. The molecule has 0 fully saturated rings. The van der Waals surface area contributed by atoms with Crippen LogP contribution in [-0.2, 0) is 14.4 Å². The Bertz CT molecular complexity index is 574. The lowest BCUT2D eigenvalue weighted by Gasteiger charge is -2.21. The largest absolute Gasteiger partial charge is 0.497 e. The summed E-state index contributed by atoms with van der Waals surface area (Å²) in [7, 11) is 6.29. The molecule has 0 aliphatic heterocycles. The summed E-state index contributed by atoms with van der Waals surface area (Å²) in [5.74, 6) is -0.0108. The van der Waals surface area contributed by atoms with Gasteiger partial charge in [-0.1, -0.05) is 0 Å². The van der Waals surface area contributed by atoms with Crippen LogP contribution in [0.3, 0.4) is 0 Å². The fraction of sp³-hybridized carbons (Fsp3) is 0.438. The minimum atomic E-state index is -0.245. The molecule has 1 aromatic carbocycles. The topological polar surface area (TPSA) is 91.0 Å². The van der Waals surface area contributed by atoms with Crippen LogP contribution in [0.4, 0.5) is 5.69 Å². The molecule has 3 amide bonds. The van der Waals surface area contributed by atoms with Crippen LogP contribution < -0.4 is 15.4 Å². The van der Waals surface area contributed by atoms with Crippen LogP contribution in [0.5, 0.6) is 5.75 Å². The van der Waals surface area contributed by atoms with E-state index in [9.17, 15) is 14.4 Å². The van der Waals surface area contributed by atoms with Gasteiger partial charge < -0.3 is 20.3 Å². The molecular weight excluding hydrogens is 312 g/mol. The second-order valence-corrected chi connectivity index (χ2v) is 5.37. The molecule has 1 aromatic rings. The van der Waals surface area contributed by atoms with Crippen molar-refractivity contribution >= 4 is 23.4 Å². The van der Waals surface area contributed by atoms with Gasteiger partial charge in [-0.25, -0.2) is 0 Å². The van der Waals surface area contributed by atoms with Crippen molar-refractivity contribution < 1.29 is 19.1 Å². The normalized spacial score (nSPS) is 10.2. The highest BCUT2D eigenvalue weighted by atomic mass is 16.5. The first-order valence-electron chi connectivity index (χ1n) is 7.42. The van der Waals surface area contributed by atoms with Gasteiger partial charge in [-0.2, -0.15) is 0 Å². The summed E-state index contributed by atoms with van der Waals surface area (Å²) in [6, 6.07) is 6.96. The minimum Gasteiger partial charge on any atom is -0.497 e. The second-order valence-electron chi connectivity index (χ2n) is 5.37. The molecule has 0 unspecified atom stereocenters. The molecule has 0 saturated carbocycles. The van der Waals surface area contributed by atoms with E-state index in [1.54, 1.807) is 50.4 Å². The zero-order valence-electron chi connectivity index (χ0n) is 14.5. The van der Waals surface area contributed by atoms with E-state index in [2.05, 4.69) is 10.6 Å². The number of anilines is 1. The standard InChI is InChI=1S/C16H24N4O4/c1-17-14(21)10-20(3)16(23)11-19(2)9-15(22)18-12-5-7-13(24-4)8-6-12/h5-8H,9-11H2,1-4H3,(H,17,21)(H,18,22). The summed E-state index contributed by atoms with van der Waals surface area (Å²) in [5.41, 5.74) is 0.650. The van der Waals surface area contributed by atoms with E-state index in [0.717, 1.165) is 0 Å². The van der Waals surface area contributed by atoms with Crippen molar-refractivity contribution in [2.45, 2.75) is 0 Å². The van der Waals surface area contributed by atoms with Gasteiger partial charge in [-0.15, -0.1) is 0 Å². The molecule has 24 heavy (non-hydrogen) atoms. The fourth-order valence-electron chi connectivity index (χ4n) is 1.91. The first-order valence-corrected chi connectivity index (χ1v) is 7.42. The summed E-state index contributed by atoms with van der Waals surface area (Å²) < 4.78 is 5.05. The number of nitrogens with one attached hydrogen (secondary N) is 2. The van der Waals surface area contributed by atoms with E-state index in [1.807, 2.05) is 0 Å². The molecular formula is C16H24N4O4. The lowest BCUT2D eigenvalue weighted by molar-refractivity contribution is -0.135. The molecule has 0 aliphatic rings. The Labute approximate surface area is 141 Å². The van der Waals surface area contributed by atoms with Gasteiger partial charge >= 0.3 is 0 Å². The third kappa shape index (κ3) is 6.66. The highest BCUT2D eigenvalue weighted by Gasteiger charge is 2.16. The number of carbonyl (C=O) groups is 3. The van der Waals surface area contributed by atoms with E-state index in [0.29, 0.717) is 11.4 Å². The molecule has 8 heteroatoms. The lowest BCUT2D eigenvalue weighted by atomic mass is 10.3. The van der Waals surface area contributed by atoms with Crippen molar-refractivity contribution in [1.82, 2.24) is 15.1 Å². The van der Waals surface area contributed by atoms with Crippen molar-refractivity contribution in [2.24, 2.45) is 0 Å². The van der Waals surface area contributed by atoms with Gasteiger partial charge in [-0.05, 0) is 31.3 Å². The van der Waals surface area contributed by atoms with Crippen LogP contribution in [0.2, 0.25) is 0 Å². The molecule has 0 aromatic heterocycles. The molecule has 0 atom stereocenters. The van der Waals surface area contributed by atoms with E-state index in [1.165, 1.54) is 11.9 Å². The summed E-state index contributed by atoms with van der Waals surface area (Å²) >= 11 is 0. The molecule has 0 spiro atoms. The van der Waals surface area contributed by atoms with Crippen molar-refractivity contribution in [1.29, 1.82) is 0 Å². The molecule has 0 saturated heterocycles. The maximum absolute atomic E-state index is 12.0. The highest BCUT2D eigenvalue weighted by Crippen LogP contribution is 2.14. The van der Waals surface area contributed by atoms with Gasteiger partial charge in [0.2, 0.25) is 17.7 Å². The van der Waals surface area contributed by atoms with Crippen LogP contribution in [-0.4, -0.2) is 75.4 Å². The van der Waals surface area contributed by atoms with E-state index in [-0.39, 0.29) is 37.4 Å². The Kier molecular flexibility index (Phi) is 7.70. The minimum absolute atomic E-state index is 0.0127. The Morgan fingerprint density at radius 1 is 1.00 bits per heavy atom. The average molecular weight is 336 g/mol. The molecule has 2 N–H and O–H groups in total. The van der Waals surface area contributed by atoms with Crippen LogP contribution in [0, 0.1) is 0 Å². The van der Waals surface area contributed by atoms with Crippen molar-refractivity contribution in [3.63, 3.8) is 0 Å². The third-order valence-corrected chi connectivity index (χ3v) is 3.28. The SMILES string of the molecule is CNC(=O)CN(C)C(=O)CN(C)CC(=O)Nc1ccc(OC)cc1. The van der Waals surface area contributed by atoms with Crippen LogP contribution in [0.25, 0.3) is 0 Å². The summed E-state index contributed by atoms with van der Waals surface area (Å²) in [6.45, 7) is 0.0936. The summed E-state index contributed by atoms with van der Waals surface area (Å²) in [6.07, 6.45) is 0. The summed E-state index contributed by atoms with van der Waals surface area (Å²) in [5, 5.41) is 5.20. The van der Waals surface area contributed by atoms with Gasteiger partial charge in [0.05, 0.1) is 26.7 Å². The predicted molar refractivity (Wildman–Crippen MR) is 90.8 cm³/mol. The average Bonchev–Trinajstić information content (AvgIpc) is 2.54. The number of carbonyl (C=O) groups excluding carboxylic acids is 3. The first kappa shape index (κ1) is 19.4. The predicted octanol–water partition coefficient (Wildman–Crippen LogP) is -0.230. The maximum atomic E-state index is 12.0. The van der Waals surface area contributed by atoms with Gasteiger partial charge in [0, 0.05) is 19.8 Å². The van der Waals surface area contributed by atoms with E-state index >= 15 is 0 Å². The zero-order chi connectivity index (χ0) is 18.1. The second kappa shape index (κ2) is 9.51. The monoisotopic (exact) mass is 336 g/mol. The van der Waals surface area contributed by atoms with Crippen molar-refractivity contribution in [2.75, 3.05) is 53.2 Å². The number of hydrogen-bond donors (Lipinski definition) is 2. The zero-order valence-corrected chi connectivity index (χ0v) is 14.5. The number of ether oxygens (including phenoxy) is 1. The smallest absolute Gasteiger partial charge is 0.239 e. The van der Waals surface area contributed by atoms with Gasteiger partial charge in [-0.3, -0.25) is 19.3 Å². The van der Waals surface area contributed by atoms with Crippen LogP contribution in [0.1, 0.15) is 0 Å². The number of likely N-dealkylation sites (N-methyl/N-ethyl adjacent to an activating group) is 3. The Morgan fingerprint density at radius 3 is 2.17 bits per heavy atom. The van der Waals surface area contributed by atoms with Crippen LogP contribution in [0.15, 0.2) is 24.3 Å². The maximum Gasteiger partial charge on any atom is 0.239 e. The number of amides is 3. The molecule has 0 radical (unpaired) electrons. The molecule has 0 aliphatic carbocycles. The van der Waals surface area contributed by atoms with E-state index < -0.39 is 0 Å². The molecule has 8 nitrogen and oxygen atoms in total. The van der Waals surface area contributed by atoms with Crippen LogP contribution >= 0.6 is 0 Å². The molecule has 0 heterocycles. The van der Waals surface area contributed by atoms with Crippen molar-refractivity contribution in [3.8, 4) is 5.75 Å². The number of methoxy groups -OCH3 is 1. The third-order valence-electron chi connectivity index (χ3n) is 3.28. The lowest BCUT2D eigenvalue weighted by Crippen LogP contribution is -2.43. The quantitative estimate of drug-likeness (QED) is 0.684. The van der Waals surface area contributed by atoms with E-state index in [4.69, 9.17) is 4.74 Å². The number of rotatable bonds is 8.